The fourth-order valence-corrected chi connectivity index (χ4v) is 5.26. The molecule has 1 aromatic heterocycles. The van der Waals surface area contributed by atoms with Crippen molar-refractivity contribution in [3.63, 3.8) is 0 Å². The van der Waals surface area contributed by atoms with E-state index in [4.69, 9.17) is 15.5 Å². The monoisotopic (exact) mass is 442 g/mol. The number of imidazole rings is 1. The molecule has 2 N–H and O–H groups in total. The predicted octanol–water partition coefficient (Wildman–Crippen LogP) is 5.17. The van der Waals surface area contributed by atoms with Gasteiger partial charge in [0.2, 0.25) is 0 Å². The summed E-state index contributed by atoms with van der Waals surface area (Å²) < 4.78 is 7.97. The number of primary amides is 1. The molecule has 0 aliphatic carbocycles. The molecule has 0 radical (unpaired) electrons. The number of fused-ring (bicyclic) bond motifs is 1. The van der Waals surface area contributed by atoms with Crippen molar-refractivity contribution in [1.82, 2.24) is 14.5 Å². The van der Waals surface area contributed by atoms with E-state index in [0.717, 1.165) is 61.8 Å². The van der Waals surface area contributed by atoms with Gasteiger partial charge in [-0.15, -0.1) is 0 Å². The molecule has 0 spiro atoms. The maximum absolute atomic E-state index is 12.4. The van der Waals surface area contributed by atoms with E-state index in [2.05, 4.69) is 28.7 Å². The Morgan fingerprint density at radius 3 is 2.36 bits per heavy atom. The predicted molar refractivity (Wildman–Crippen MR) is 129 cm³/mol. The van der Waals surface area contributed by atoms with Crippen molar-refractivity contribution in [2.24, 2.45) is 11.7 Å². The Balaban J connectivity index is 1.39. The van der Waals surface area contributed by atoms with Crippen LogP contribution in [0.15, 0.2) is 66.9 Å². The Morgan fingerprint density at radius 1 is 1.00 bits per heavy atom. The highest BCUT2D eigenvalue weighted by Gasteiger charge is 2.37. The summed E-state index contributed by atoms with van der Waals surface area (Å²) in [7, 11) is 0. The van der Waals surface area contributed by atoms with Gasteiger partial charge in [0.1, 0.15) is 28.7 Å². The van der Waals surface area contributed by atoms with Gasteiger partial charge in [-0.2, -0.15) is 0 Å². The second-order valence-corrected chi connectivity index (χ2v) is 8.87. The highest BCUT2D eigenvalue weighted by molar-refractivity contribution is 5.97. The lowest BCUT2D eigenvalue weighted by atomic mass is 9.83. The molecule has 2 aromatic carbocycles. The van der Waals surface area contributed by atoms with Gasteiger partial charge in [-0.1, -0.05) is 24.3 Å². The standard InChI is InChI=1S/C27H30N4O2/c1-2-15-30-16-12-19(13-17-30)23-14-18-31-25(26(28)32)24(29-27(23)31)20-8-10-22(11-9-20)33-21-6-4-3-5-7-21/h2-11,15,19,23H,12-14,16-18H2,1H3,(H2,28,32). The van der Waals surface area contributed by atoms with E-state index in [0.29, 0.717) is 23.2 Å². The van der Waals surface area contributed by atoms with Crippen molar-refractivity contribution < 1.29 is 9.53 Å². The van der Waals surface area contributed by atoms with Crippen LogP contribution in [0.3, 0.4) is 0 Å². The topological polar surface area (TPSA) is 73.4 Å². The number of piperidine rings is 1. The minimum atomic E-state index is -0.420. The van der Waals surface area contributed by atoms with E-state index in [9.17, 15) is 4.79 Å². The number of allylic oxidation sites excluding steroid dienone is 1. The molecule has 1 atom stereocenters. The number of carbonyl (C=O) groups is 1. The average molecular weight is 443 g/mol. The molecule has 0 bridgehead atoms. The van der Waals surface area contributed by atoms with E-state index in [1.54, 1.807) is 0 Å². The number of ether oxygens (including phenoxy) is 1. The van der Waals surface area contributed by atoms with Gasteiger partial charge in [-0.25, -0.2) is 4.98 Å². The summed E-state index contributed by atoms with van der Waals surface area (Å²) in [4.78, 5) is 19.8. The lowest BCUT2D eigenvalue weighted by molar-refractivity contribution is 0.0992. The second-order valence-electron chi connectivity index (χ2n) is 8.87. The van der Waals surface area contributed by atoms with Crippen LogP contribution in [-0.4, -0.2) is 33.4 Å². The fourth-order valence-electron chi connectivity index (χ4n) is 5.26. The Morgan fingerprint density at radius 2 is 1.70 bits per heavy atom. The number of hydrogen-bond donors (Lipinski definition) is 1. The molecule has 1 unspecified atom stereocenters. The Kier molecular flexibility index (Phi) is 5.90. The molecule has 0 saturated carbocycles. The van der Waals surface area contributed by atoms with Gasteiger partial charge in [-0.05, 0) is 74.7 Å². The molecule has 33 heavy (non-hydrogen) atoms. The van der Waals surface area contributed by atoms with Gasteiger partial charge in [0, 0.05) is 31.1 Å². The van der Waals surface area contributed by atoms with E-state index < -0.39 is 5.91 Å². The first kappa shape index (κ1) is 21.3. The van der Waals surface area contributed by atoms with Crippen molar-refractivity contribution in [1.29, 1.82) is 0 Å². The SMILES string of the molecule is CC=CN1CCC(C2CCn3c2nc(-c2ccc(Oc4ccccc4)cc2)c3C(N)=O)CC1. The molecular formula is C27H30N4O2. The van der Waals surface area contributed by atoms with E-state index in [1.807, 2.05) is 54.6 Å². The number of para-hydroxylation sites is 1. The molecule has 3 heterocycles. The smallest absolute Gasteiger partial charge is 0.267 e. The molecule has 2 aliphatic heterocycles. The Labute approximate surface area is 194 Å². The van der Waals surface area contributed by atoms with Crippen molar-refractivity contribution in [3.05, 3.63) is 78.4 Å². The highest BCUT2D eigenvalue weighted by Crippen LogP contribution is 2.42. The maximum atomic E-state index is 12.4. The van der Waals surface area contributed by atoms with Gasteiger partial charge in [-0.3, -0.25) is 4.79 Å². The number of benzene rings is 2. The summed E-state index contributed by atoms with van der Waals surface area (Å²) >= 11 is 0. The molecular weight excluding hydrogens is 412 g/mol. The molecule has 6 nitrogen and oxygen atoms in total. The number of rotatable bonds is 6. The minimum absolute atomic E-state index is 0.380. The summed E-state index contributed by atoms with van der Waals surface area (Å²) in [6, 6.07) is 17.4. The van der Waals surface area contributed by atoms with Gasteiger partial charge in [0.15, 0.2) is 0 Å². The van der Waals surface area contributed by atoms with Crippen LogP contribution in [0.25, 0.3) is 11.3 Å². The van der Waals surface area contributed by atoms with Gasteiger partial charge in [0.05, 0.1) is 0 Å². The number of aromatic nitrogens is 2. The van der Waals surface area contributed by atoms with Crippen LogP contribution < -0.4 is 10.5 Å². The summed E-state index contributed by atoms with van der Waals surface area (Å²) in [6.45, 7) is 5.01. The summed E-state index contributed by atoms with van der Waals surface area (Å²) in [5.41, 5.74) is 7.92. The molecule has 170 valence electrons. The third-order valence-electron chi connectivity index (χ3n) is 6.84. The molecule has 6 heteroatoms. The normalized spacial score (nSPS) is 18.6. The first-order chi connectivity index (χ1) is 16.1. The number of hydrogen-bond acceptors (Lipinski definition) is 4. The van der Waals surface area contributed by atoms with Gasteiger partial charge >= 0.3 is 0 Å². The van der Waals surface area contributed by atoms with Crippen LogP contribution in [0, 0.1) is 5.92 Å². The quantitative estimate of drug-likeness (QED) is 0.571. The molecule has 3 aromatic rings. The first-order valence-corrected chi connectivity index (χ1v) is 11.7. The van der Waals surface area contributed by atoms with Crippen LogP contribution in [0.5, 0.6) is 11.5 Å². The van der Waals surface area contributed by atoms with E-state index in [1.165, 1.54) is 0 Å². The fraction of sp³-hybridized carbons (Fsp3) is 0.333. The lowest BCUT2D eigenvalue weighted by Crippen LogP contribution is -2.31. The van der Waals surface area contributed by atoms with Crippen LogP contribution in [0.2, 0.25) is 0 Å². The number of nitrogens with zero attached hydrogens (tertiary/aromatic N) is 3. The van der Waals surface area contributed by atoms with Gasteiger partial charge in [0.25, 0.3) is 5.91 Å². The third-order valence-corrected chi connectivity index (χ3v) is 6.84. The summed E-state index contributed by atoms with van der Waals surface area (Å²) in [5, 5.41) is 0. The Bertz CT molecular complexity index is 1140. The van der Waals surface area contributed by atoms with Crippen LogP contribution in [0.4, 0.5) is 0 Å². The second kappa shape index (κ2) is 9.14. The number of nitrogens with two attached hydrogens (primary N) is 1. The zero-order valence-electron chi connectivity index (χ0n) is 19.0. The summed E-state index contributed by atoms with van der Waals surface area (Å²) in [5.74, 6) is 3.09. The van der Waals surface area contributed by atoms with Crippen LogP contribution in [-0.2, 0) is 6.54 Å². The van der Waals surface area contributed by atoms with Crippen molar-refractivity contribution in [2.45, 2.75) is 38.6 Å². The van der Waals surface area contributed by atoms with Crippen molar-refractivity contribution in [3.8, 4) is 22.8 Å². The number of carbonyl (C=O) groups excluding carboxylic acids is 1. The Hall–Kier alpha value is -3.54. The molecule has 1 fully saturated rings. The molecule has 1 amide bonds. The first-order valence-electron chi connectivity index (χ1n) is 11.7. The van der Waals surface area contributed by atoms with E-state index in [-0.39, 0.29) is 0 Å². The zero-order chi connectivity index (χ0) is 22.8. The number of likely N-dealkylation sites (tertiary alicyclic amines) is 1. The average Bonchev–Trinajstić information content (AvgIpc) is 3.40. The number of amides is 1. The van der Waals surface area contributed by atoms with Gasteiger partial charge < -0.3 is 19.9 Å². The zero-order valence-corrected chi connectivity index (χ0v) is 19.0. The molecule has 1 saturated heterocycles. The lowest BCUT2D eigenvalue weighted by Gasteiger charge is -2.33. The third kappa shape index (κ3) is 4.25. The maximum Gasteiger partial charge on any atom is 0.267 e. The van der Waals surface area contributed by atoms with Crippen LogP contribution >= 0.6 is 0 Å². The van der Waals surface area contributed by atoms with Crippen molar-refractivity contribution >= 4 is 5.91 Å². The van der Waals surface area contributed by atoms with E-state index >= 15 is 0 Å². The molecule has 2 aliphatic rings. The highest BCUT2D eigenvalue weighted by atomic mass is 16.5. The minimum Gasteiger partial charge on any atom is -0.457 e. The molecule has 5 rings (SSSR count). The largest absolute Gasteiger partial charge is 0.457 e. The van der Waals surface area contributed by atoms with Crippen molar-refractivity contribution in [2.75, 3.05) is 13.1 Å². The summed E-state index contributed by atoms with van der Waals surface area (Å²) in [6.07, 6.45) is 7.61. The van der Waals surface area contributed by atoms with Crippen LogP contribution in [0.1, 0.15) is 48.4 Å².